The number of rotatable bonds is 4. The lowest BCUT2D eigenvalue weighted by Crippen LogP contribution is -2.30. The van der Waals surface area contributed by atoms with Gasteiger partial charge in [-0.3, -0.25) is 9.97 Å². The van der Waals surface area contributed by atoms with Crippen molar-refractivity contribution in [3.63, 3.8) is 0 Å². The Bertz CT molecular complexity index is 1330. The minimum atomic E-state index is -0.151. The molecule has 0 unspecified atom stereocenters. The van der Waals surface area contributed by atoms with Crippen LogP contribution in [-0.4, -0.2) is 26.4 Å². The third-order valence-corrected chi connectivity index (χ3v) is 6.36. The molecular formula is C25H21N5O2S. The van der Waals surface area contributed by atoms with Gasteiger partial charge < -0.3 is 24.3 Å². The zero-order valence-electron chi connectivity index (χ0n) is 17.9. The lowest BCUT2D eigenvalue weighted by molar-refractivity contribution is 0.174. The largest absolute Gasteiger partial charge is 0.454 e. The normalized spacial score (nSPS) is 19.1. The molecule has 0 spiro atoms. The maximum Gasteiger partial charge on any atom is 0.231 e. The Labute approximate surface area is 196 Å². The number of aromatic nitrogens is 3. The molecule has 0 saturated carbocycles. The minimum absolute atomic E-state index is 0.145. The first-order valence-electron chi connectivity index (χ1n) is 10.7. The first-order chi connectivity index (χ1) is 16.2. The quantitative estimate of drug-likeness (QED) is 0.455. The van der Waals surface area contributed by atoms with E-state index in [0.29, 0.717) is 10.9 Å². The molecule has 2 atom stereocenters. The molecule has 2 aliphatic heterocycles. The van der Waals surface area contributed by atoms with E-state index in [0.717, 1.165) is 34.2 Å². The maximum absolute atomic E-state index is 5.86. The van der Waals surface area contributed by atoms with Crippen LogP contribution in [0.2, 0.25) is 0 Å². The Morgan fingerprint density at radius 1 is 0.970 bits per heavy atom. The van der Waals surface area contributed by atoms with Gasteiger partial charge >= 0.3 is 0 Å². The molecule has 1 fully saturated rings. The molecule has 0 aliphatic carbocycles. The Morgan fingerprint density at radius 2 is 1.88 bits per heavy atom. The average molecular weight is 456 g/mol. The standard InChI is InChI=1S/C25H21N5O2S/c1-16-7-9-20(29(16)18-5-4-11-26-14-18)24-23(19-6-2-3-12-27-19)28-25(33)30(24)17-8-10-21-22(13-17)32-15-31-21/h2-14,23-24H,15H2,1H3,(H,28,33)/t23-,24+/m0/s1. The van der Waals surface area contributed by atoms with Crippen LogP contribution < -0.4 is 19.7 Å². The summed E-state index contributed by atoms with van der Waals surface area (Å²) in [5.41, 5.74) is 5.04. The van der Waals surface area contributed by atoms with Crippen molar-refractivity contribution in [2.75, 3.05) is 11.7 Å². The molecule has 8 heteroatoms. The van der Waals surface area contributed by atoms with Crippen molar-refractivity contribution in [3.8, 4) is 17.2 Å². The number of anilines is 1. The topological polar surface area (TPSA) is 64.4 Å². The highest BCUT2D eigenvalue weighted by Crippen LogP contribution is 2.45. The van der Waals surface area contributed by atoms with Crippen molar-refractivity contribution in [3.05, 3.63) is 96.3 Å². The van der Waals surface area contributed by atoms with Crippen molar-refractivity contribution in [2.24, 2.45) is 0 Å². The van der Waals surface area contributed by atoms with Crippen molar-refractivity contribution in [1.29, 1.82) is 0 Å². The van der Waals surface area contributed by atoms with Crippen LogP contribution in [0.1, 0.15) is 29.2 Å². The highest BCUT2D eigenvalue weighted by atomic mass is 32.1. The Kier molecular flexibility index (Phi) is 4.73. The van der Waals surface area contributed by atoms with Crippen LogP contribution in [0.3, 0.4) is 0 Å². The summed E-state index contributed by atoms with van der Waals surface area (Å²) in [7, 11) is 0. The van der Waals surface area contributed by atoms with Crippen LogP contribution >= 0.6 is 12.2 Å². The number of hydrogen-bond donors (Lipinski definition) is 1. The predicted molar refractivity (Wildman–Crippen MR) is 129 cm³/mol. The average Bonchev–Trinajstić information content (AvgIpc) is 3.56. The maximum atomic E-state index is 5.86. The Morgan fingerprint density at radius 3 is 2.70 bits per heavy atom. The highest BCUT2D eigenvalue weighted by molar-refractivity contribution is 7.80. The monoisotopic (exact) mass is 455 g/mol. The van der Waals surface area contributed by atoms with E-state index in [1.54, 1.807) is 6.20 Å². The van der Waals surface area contributed by atoms with Crippen molar-refractivity contribution < 1.29 is 9.47 Å². The summed E-state index contributed by atoms with van der Waals surface area (Å²) in [5.74, 6) is 1.46. The zero-order valence-corrected chi connectivity index (χ0v) is 18.7. The number of aryl methyl sites for hydroxylation is 1. The van der Waals surface area contributed by atoms with Crippen LogP contribution in [0.5, 0.6) is 11.5 Å². The fraction of sp³-hybridized carbons (Fsp3) is 0.160. The van der Waals surface area contributed by atoms with Gasteiger partial charge in [-0.1, -0.05) is 6.07 Å². The number of hydrogen-bond acceptors (Lipinski definition) is 5. The zero-order chi connectivity index (χ0) is 22.4. The van der Waals surface area contributed by atoms with Gasteiger partial charge in [0.15, 0.2) is 16.6 Å². The Balaban J connectivity index is 1.53. The molecule has 4 aromatic rings. The van der Waals surface area contributed by atoms with E-state index in [2.05, 4.69) is 49.9 Å². The molecule has 2 aliphatic rings. The Hall–Kier alpha value is -3.91. The van der Waals surface area contributed by atoms with E-state index in [1.165, 1.54) is 0 Å². The number of pyridine rings is 2. The van der Waals surface area contributed by atoms with Gasteiger partial charge in [0.2, 0.25) is 6.79 Å². The van der Waals surface area contributed by atoms with Gasteiger partial charge in [-0.15, -0.1) is 0 Å². The van der Waals surface area contributed by atoms with Gasteiger partial charge in [0, 0.05) is 35.5 Å². The van der Waals surface area contributed by atoms with Gasteiger partial charge in [-0.05, 0) is 67.7 Å². The van der Waals surface area contributed by atoms with Crippen molar-refractivity contribution >= 4 is 23.0 Å². The molecule has 3 aromatic heterocycles. The molecule has 1 aromatic carbocycles. The minimum Gasteiger partial charge on any atom is -0.454 e. The summed E-state index contributed by atoms with van der Waals surface area (Å²) in [6, 6.07) is 19.9. The molecule has 33 heavy (non-hydrogen) atoms. The van der Waals surface area contributed by atoms with Gasteiger partial charge in [0.1, 0.15) is 6.04 Å². The molecule has 1 saturated heterocycles. The second-order valence-corrected chi connectivity index (χ2v) is 8.37. The lowest BCUT2D eigenvalue weighted by atomic mass is 10.0. The van der Waals surface area contributed by atoms with E-state index in [-0.39, 0.29) is 18.9 Å². The fourth-order valence-electron chi connectivity index (χ4n) is 4.60. The number of nitrogens with one attached hydrogen (secondary N) is 1. The predicted octanol–water partition coefficient (Wildman–Crippen LogP) is 4.48. The van der Waals surface area contributed by atoms with E-state index >= 15 is 0 Å². The molecule has 6 rings (SSSR count). The van der Waals surface area contributed by atoms with Gasteiger partial charge in [0.25, 0.3) is 0 Å². The second-order valence-electron chi connectivity index (χ2n) is 7.98. The van der Waals surface area contributed by atoms with Gasteiger partial charge in [-0.25, -0.2) is 0 Å². The highest BCUT2D eigenvalue weighted by Gasteiger charge is 2.42. The molecule has 0 amide bonds. The third kappa shape index (κ3) is 3.30. The number of fused-ring (bicyclic) bond motifs is 1. The molecule has 5 heterocycles. The summed E-state index contributed by atoms with van der Waals surface area (Å²) in [6.45, 7) is 2.32. The molecule has 0 bridgehead atoms. The molecule has 7 nitrogen and oxygen atoms in total. The van der Waals surface area contributed by atoms with Crippen molar-refractivity contribution in [1.82, 2.24) is 19.9 Å². The van der Waals surface area contributed by atoms with Gasteiger partial charge in [0.05, 0.1) is 23.6 Å². The number of nitrogens with zero attached hydrogens (tertiary/aromatic N) is 4. The summed E-state index contributed by atoms with van der Waals surface area (Å²) >= 11 is 5.86. The van der Waals surface area contributed by atoms with Crippen LogP contribution in [0.25, 0.3) is 5.69 Å². The van der Waals surface area contributed by atoms with Gasteiger partial charge in [-0.2, -0.15) is 0 Å². The van der Waals surface area contributed by atoms with E-state index in [9.17, 15) is 0 Å². The van der Waals surface area contributed by atoms with Crippen LogP contribution in [-0.2, 0) is 0 Å². The van der Waals surface area contributed by atoms with Crippen LogP contribution in [0.15, 0.2) is 79.3 Å². The number of benzene rings is 1. The SMILES string of the molecule is Cc1ccc([C@@H]2[C@H](c3ccccn3)NC(=S)N2c2ccc3c(c2)OCO3)n1-c1cccnc1. The number of ether oxygens (including phenoxy) is 2. The summed E-state index contributed by atoms with van der Waals surface area (Å²) in [5, 5.41) is 4.15. The second kappa shape index (κ2) is 7.90. The van der Waals surface area contributed by atoms with E-state index in [1.807, 2.05) is 54.9 Å². The molecule has 1 N–H and O–H groups in total. The van der Waals surface area contributed by atoms with E-state index in [4.69, 9.17) is 21.7 Å². The molecular weight excluding hydrogens is 434 g/mol. The van der Waals surface area contributed by atoms with Crippen LogP contribution in [0.4, 0.5) is 5.69 Å². The summed E-state index contributed by atoms with van der Waals surface area (Å²) in [6.07, 6.45) is 5.47. The lowest BCUT2D eigenvalue weighted by Gasteiger charge is -2.29. The fourth-order valence-corrected chi connectivity index (χ4v) is 4.94. The number of thiocarbonyl (C=S) groups is 1. The molecule has 0 radical (unpaired) electrons. The first-order valence-corrected chi connectivity index (χ1v) is 11.1. The third-order valence-electron chi connectivity index (χ3n) is 6.05. The molecule has 164 valence electrons. The summed E-state index contributed by atoms with van der Waals surface area (Å²) < 4.78 is 13.4. The first kappa shape index (κ1) is 19.8. The van der Waals surface area contributed by atoms with Crippen molar-refractivity contribution in [2.45, 2.75) is 19.0 Å². The summed E-state index contributed by atoms with van der Waals surface area (Å²) in [4.78, 5) is 11.1. The van der Waals surface area contributed by atoms with Crippen LogP contribution in [0, 0.1) is 6.92 Å². The smallest absolute Gasteiger partial charge is 0.231 e. The van der Waals surface area contributed by atoms with E-state index < -0.39 is 0 Å².